The topological polar surface area (TPSA) is 50.0 Å². The van der Waals surface area contributed by atoms with Crippen LogP contribution in [-0.2, 0) is 15.7 Å². The van der Waals surface area contributed by atoms with Gasteiger partial charge in [0.15, 0.2) is 0 Å². The van der Waals surface area contributed by atoms with Gasteiger partial charge in [-0.2, -0.15) is 0 Å². The maximum Gasteiger partial charge on any atom is 0.494 e. The van der Waals surface area contributed by atoms with Crippen molar-refractivity contribution in [2.45, 2.75) is 45.3 Å². The van der Waals surface area contributed by atoms with Gasteiger partial charge in [-0.25, -0.2) is 0 Å². The summed E-state index contributed by atoms with van der Waals surface area (Å²) >= 11 is 7.09. The highest BCUT2D eigenvalue weighted by atomic mass is 79.9. The Labute approximate surface area is 449 Å². The molecule has 14 rings (SSSR count). The van der Waals surface area contributed by atoms with Crippen LogP contribution < -0.4 is 5.46 Å². The van der Waals surface area contributed by atoms with Gasteiger partial charge in [0.05, 0.1) is 11.2 Å². The van der Waals surface area contributed by atoms with Gasteiger partial charge in [0.2, 0.25) is 0 Å². The molecule has 1 saturated heterocycles. The Morgan fingerprint density at radius 3 is 1.32 bits per heavy atom. The number of rotatable bonds is 5. The van der Waals surface area contributed by atoms with E-state index in [9.17, 15) is 0 Å². The summed E-state index contributed by atoms with van der Waals surface area (Å²) in [6.45, 7) is 8.32. The molecule has 0 saturated carbocycles. The summed E-state index contributed by atoms with van der Waals surface area (Å²) in [6.07, 6.45) is 1.02. The second-order valence-corrected chi connectivity index (χ2v) is 22.0. The van der Waals surface area contributed by atoms with Gasteiger partial charge in [-0.1, -0.05) is 208 Å². The van der Waals surface area contributed by atoms with E-state index >= 15 is 0 Å². The van der Waals surface area contributed by atoms with E-state index in [1.54, 1.807) is 0 Å². The molecule has 0 bridgehead atoms. The zero-order valence-electron chi connectivity index (χ0n) is 41.7. The number of benzene rings is 10. The van der Waals surface area contributed by atoms with Crippen molar-refractivity contribution in [3.8, 4) is 55.6 Å². The van der Waals surface area contributed by atoms with Gasteiger partial charge < -0.3 is 19.3 Å². The first-order valence-electron chi connectivity index (χ1n) is 25.3. The number of hydrogen-bond donors (Lipinski definition) is 2. The predicted molar refractivity (Wildman–Crippen MR) is 319 cm³/mol. The van der Waals surface area contributed by atoms with E-state index < -0.39 is 0 Å². The van der Waals surface area contributed by atoms with E-state index in [2.05, 4.69) is 264 Å². The number of aromatic nitrogens is 2. The van der Waals surface area contributed by atoms with E-state index in [4.69, 9.17) is 9.31 Å². The third-order valence-electron chi connectivity index (χ3n) is 15.2. The smallest absolute Gasteiger partial charge is 0.399 e. The number of hydrogen-bond acceptors (Lipinski definition) is 2. The van der Waals surface area contributed by atoms with Crippen LogP contribution in [0.1, 0.15) is 38.8 Å². The summed E-state index contributed by atoms with van der Waals surface area (Å²) in [7, 11) is -0.317. The summed E-state index contributed by atoms with van der Waals surface area (Å²) in [5, 5.41) is 4.97. The van der Waals surface area contributed by atoms with Gasteiger partial charge in [0.25, 0.3) is 0 Å². The minimum absolute atomic E-state index is 0.313. The first-order valence-corrected chi connectivity index (χ1v) is 26.8. The molecule has 0 atom stereocenters. The van der Waals surface area contributed by atoms with Gasteiger partial charge in [-0.05, 0) is 155 Å². The molecular weight excluding hydrogens is 1040 g/mol. The monoisotopic (exact) mass is 1090 g/mol. The second-order valence-electron chi connectivity index (χ2n) is 20.3. The molecular formula is C67H53BBr2N2O2. The SMILES string of the molecule is Brc1ccccc1-c1ccccc1Br.CC1(C)OB(c2ccc3[nH]c4ccccc4c3c2)OC1(C)C.c1ccc2c(c1)Cc1ccc(-c3ccccc3-c3ccccc3-c3ccc4[nH]c5ccccc5c4c3)cc1-2. The molecule has 74 heavy (non-hydrogen) atoms. The number of halogens is 2. The Hall–Kier alpha value is -7.26. The van der Waals surface area contributed by atoms with Crippen LogP contribution in [0.4, 0.5) is 0 Å². The van der Waals surface area contributed by atoms with Crippen molar-refractivity contribution >= 4 is 88.1 Å². The molecule has 4 nitrogen and oxygen atoms in total. The predicted octanol–water partition coefficient (Wildman–Crippen LogP) is 18.4. The average Bonchev–Trinajstić information content (AvgIpc) is 4.17. The molecule has 1 aliphatic carbocycles. The lowest BCUT2D eigenvalue weighted by Crippen LogP contribution is -2.41. The molecule has 10 aromatic carbocycles. The van der Waals surface area contributed by atoms with E-state index in [1.807, 2.05) is 30.3 Å². The van der Waals surface area contributed by atoms with Crippen LogP contribution in [-0.4, -0.2) is 28.3 Å². The number of para-hydroxylation sites is 2. The summed E-state index contributed by atoms with van der Waals surface area (Å²) in [5.41, 5.74) is 20.6. The van der Waals surface area contributed by atoms with E-state index in [0.717, 1.165) is 31.9 Å². The second kappa shape index (κ2) is 19.5. The highest BCUT2D eigenvalue weighted by Gasteiger charge is 2.51. The molecule has 1 fully saturated rings. The fraction of sp³-hybridized carbons (Fsp3) is 0.104. The molecule has 2 aliphatic rings. The van der Waals surface area contributed by atoms with Crippen molar-refractivity contribution < 1.29 is 9.31 Å². The standard InChI is InChI=1S/C37H25N.C18H20BNO2.C12H8Br2/c1-2-12-30-24(9-1)21-25-17-18-26(22-34(25)30)28-10-3-5-13-31(28)32-14-6-4-11-29(32)27-19-20-37-35(23-27)33-15-7-8-16-36(33)38-37;1-17(2)18(3,4)22-19(21-17)12-9-10-16-14(11-12)13-7-5-6-8-15(13)20-16;13-11-7-3-1-5-9(11)10-6-2-4-8-12(10)14/h1-20,22-23,38H,21H2;5-11,20H,1-4H3;1-8H. The molecule has 12 aromatic rings. The Bertz CT molecular complexity index is 4020. The van der Waals surface area contributed by atoms with Crippen LogP contribution in [0.5, 0.6) is 0 Å². The molecule has 7 heteroatoms. The highest BCUT2D eigenvalue weighted by Crippen LogP contribution is 2.44. The minimum atomic E-state index is -0.317. The van der Waals surface area contributed by atoms with E-state index in [-0.39, 0.29) is 18.3 Å². The van der Waals surface area contributed by atoms with Gasteiger partial charge >= 0.3 is 7.12 Å². The Morgan fingerprint density at radius 2 is 0.757 bits per heavy atom. The molecule has 1 aliphatic heterocycles. The Morgan fingerprint density at radius 1 is 0.351 bits per heavy atom. The van der Waals surface area contributed by atoms with Crippen molar-refractivity contribution in [1.82, 2.24) is 9.97 Å². The molecule has 2 aromatic heterocycles. The van der Waals surface area contributed by atoms with Crippen molar-refractivity contribution in [2.24, 2.45) is 0 Å². The fourth-order valence-electron chi connectivity index (χ4n) is 10.6. The summed E-state index contributed by atoms with van der Waals surface area (Å²) < 4.78 is 14.5. The average molecular weight is 1090 g/mol. The first-order chi connectivity index (χ1) is 36.0. The lowest BCUT2D eigenvalue weighted by molar-refractivity contribution is 0.00578. The largest absolute Gasteiger partial charge is 0.494 e. The van der Waals surface area contributed by atoms with Crippen LogP contribution in [0.15, 0.2) is 233 Å². The first kappa shape index (κ1) is 47.7. The van der Waals surface area contributed by atoms with Crippen LogP contribution in [0, 0.1) is 0 Å². The molecule has 0 radical (unpaired) electrons. The molecule has 0 unspecified atom stereocenters. The third-order valence-corrected chi connectivity index (χ3v) is 16.5. The molecule has 360 valence electrons. The van der Waals surface area contributed by atoms with E-state index in [0.29, 0.717) is 0 Å². The van der Waals surface area contributed by atoms with Crippen molar-refractivity contribution in [3.63, 3.8) is 0 Å². The van der Waals surface area contributed by atoms with Crippen molar-refractivity contribution in [2.75, 3.05) is 0 Å². The quantitative estimate of drug-likeness (QED) is 0.169. The van der Waals surface area contributed by atoms with Gasteiger partial charge in [-0.15, -0.1) is 0 Å². The Balaban J connectivity index is 0.000000130. The zero-order chi connectivity index (χ0) is 50.6. The number of fused-ring (bicyclic) bond motifs is 9. The van der Waals surface area contributed by atoms with Crippen LogP contribution in [0.2, 0.25) is 0 Å². The molecule has 0 spiro atoms. The minimum Gasteiger partial charge on any atom is -0.399 e. The van der Waals surface area contributed by atoms with Crippen LogP contribution in [0.3, 0.4) is 0 Å². The lowest BCUT2D eigenvalue weighted by Gasteiger charge is -2.32. The Kier molecular flexibility index (Phi) is 12.6. The lowest BCUT2D eigenvalue weighted by atomic mass is 9.78. The maximum atomic E-state index is 6.16. The third kappa shape index (κ3) is 8.92. The normalized spacial score (nSPS) is 14.1. The van der Waals surface area contributed by atoms with Crippen LogP contribution in [0.25, 0.3) is 99.2 Å². The van der Waals surface area contributed by atoms with Gasteiger partial charge in [0.1, 0.15) is 0 Å². The zero-order valence-corrected chi connectivity index (χ0v) is 44.9. The van der Waals surface area contributed by atoms with Crippen LogP contribution >= 0.6 is 31.9 Å². The summed E-state index contributed by atoms with van der Waals surface area (Å²) in [5.74, 6) is 0. The fourth-order valence-corrected chi connectivity index (χ4v) is 11.6. The number of aromatic amines is 2. The molecule has 3 heterocycles. The highest BCUT2D eigenvalue weighted by molar-refractivity contribution is 9.11. The number of nitrogens with one attached hydrogen (secondary N) is 2. The summed E-state index contributed by atoms with van der Waals surface area (Å²) in [4.78, 5) is 7.01. The molecule has 0 amide bonds. The van der Waals surface area contributed by atoms with Crippen molar-refractivity contribution in [3.05, 3.63) is 245 Å². The van der Waals surface area contributed by atoms with Crippen molar-refractivity contribution in [1.29, 1.82) is 0 Å². The number of H-pyrrole nitrogens is 2. The summed E-state index contributed by atoms with van der Waals surface area (Å²) in [6, 6.07) is 79.9. The van der Waals surface area contributed by atoms with E-state index in [1.165, 1.54) is 99.3 Å². The van der Waals surface area contributed by atoms with Gasteiger partial charge in [0, 0.05) is 52.6 Å². The van der Waals surface area contributed by atoms with Gasteiger partial charge in [-0.3, -0.25) is 0 Å². The maximum absolute atomic E-state index is 6.16. The molecule has 2 N–H and O–H groups in total.